The first-order valence-electron chi connectivity index (χ1n) is 9.98. The number of benzene rings is 1. The van der Waals surface area contributed by atoms with Crippen LogP contribution in [0.3, 0.4) is 0 Å². The smallest absolute Gasteiger partial charge is 0.227 e. The van der Waals surface area contributed by atoms with Crippen LogP contribution < -0.4 is 10.6 Å². The first-order chi connectivity index (χ1) is 13.3. The van der Waals surface area contributed by atoms with Crippen molar-refractivity contribution in [2.45, 2.75) is 50.5 Å². The number of halogens is 1. The monoisotopic (exact) mass is 430 g/mol. The second-order valence-electron chi connectivity index (χ2n) is 7.43. The summed E-state index contributed by atoms with van der Waals surface area (Å²) in [5.74, 6) is 1.32. The normalized spacial score (nSPS) is 20.7. The van der Waals surface area contributed by atoms with Crippen LogP contribution in [0, 0.1) is 0 Å². The van der Waals surface area contributed by atoms with Crippen LogP contribution in [-0.2, 0) is 11.2 Å². The topological polar surface area (TPSA) is 59.1 Å². The third-order valence-electron chi connectivity index (χ3n) is 5.52. The van der Waals surface area contributed by atoms with Crippen molar-refractivity contribution in [1.82, 2.24) is 15.3 Å². The maximum absolute atomic E-state index is 5.72. The molecule has 4 rings (SSSR count). The van der Waals surface area contributed by atoms with Gasteiger partial charge in [0, 0.05) is 18.5 Å². The van der Waals surface area contributed by atoms with Gasteiger partial charge in [-0.1, -0.05) is 12.1 Å². The quantitative estimate of drug-likeness (QED) is 0.702. The molecule has 5 nitrogen and oxygen atoms in total. The van der Waals surface area contributed by atoms with E-state index in [-0.39, 0.29) is 0 Å². The van der Waals surface area contributed by atoms with E-state index in [1.165, 1.54) is 24.8 Å². The Morgan fingerprint density at radius 1 is 1.15 bits per heavy atom. The Morgan fingerprint density at radius 2 is 1.96 bits per heavy atom. The molecule has 27 heavy (non-hydrogen) atoms. The molecule has 1 unspecified atom stereocenters. The lowest BCUT2D eigenvalue weighted by Gasteiger charge is -2.23. The first-order valence-corrected chi connectivity index (χ1v) is 10.8. The minimum Gasteiger partial charge on any atom is -0.378 e. The number of nitrogens with zero attached hydrogens (tertiary/aromatic N) is 2. The van der Waals surface area contributed by atoms with Crippen molar-refractivity contribution in [2.24, 2.45) is 0 Å². The van der Waals surface area contributed by atoms with E-state index in [1.54, 1.807) is 0 Å². The van der Waals surface area contributed by atoms with Gasteiger partial charge in [0.1, 0.15) is 0 Å². The summed E-state index contributed by atoms with van der Waals surface area (Å²) in [6.07, 6.45) is 8.91. The molecule has 2 aliphatic rings. The number of nitrogens with one attached hydrogen (secondary N) is 2. The highest BCUT2D eigenvalue weighted by molar-refractivity contribution is 9.10. The van der Waals surface area contributed by atoms with Gasteiger partial charge in [-0.25, -0.2) is 9.97 Å². The van der Waals surface area contributed by atoms with E-state index in [1.807, 2.05) is 6.20 Å². The fraction of sp³-hybridized carbons (Fsp3) is 0.524. The van der Waals surface area contributed by atoms with Crippen LogP contribution >= 0.6 is 15.9 Å². The lowest BCUT2D eigenvalue weighted by atomic mass is 9.90. The Balaban J connectivity index is 1.38. The molecule has 144 valence electrons. The molecule has 0 bridgehead atoms. The molecule has 2 saturated heterocycles. The van der Waals surface area contributed by atoms with Gasteiger partial charge in [-0.2, -0.15) is 0 Å². The molecule has 1 aromatic carbocycles. The van der Waals surface area contributed by atoms with Crippen LogP contribution in [0.1, 0.15) is 49.3 Å². The highest BCUT2D eigenvalue weighted by Gasteiger charge is 2.17. The molecule has 2 N–H and O–H groups in total. The van der Waals surface area contributed by atoms with Crippen molar-refractivity contribution in [1.29, 1.82) is 0 Å². The predicted octanol–water partition coefficient (Wildman–Crippen LogP) is 4.56. The van der Waals surface area contributed by atoms with Gasteiger partial charge in [0.2, 0.25) is 5.95 Å². The Labute approximate surface area is 169 Å². The fourth-order valence-corrected chi connectivity index (χ4v) is 4.32. The minimum atomic E-state index is 0.380. The summed E-state index contributed by atoms with van der Waals surface area (Å²) in [6.45, 7) is 3.13. The third kappa shape index (κ3) is 5.06. The largest absolute Gasteiger partial charge is 0.378 e. The molecule has 1 atom stereocenters. The maximum Gasteiger partial charge on any atom is 0.227 e. The van der Waals surface area contributed by atoms with Gasteiger partial charge in [-0.3, -0.25) is 0 Å². The van der Waals surface area contributed by atoms with Crippen molar-refractivity contribution in [3.8, 4) is 0 Å². The summed E-state index contributed by atoms with van der Waals surface area (Å²) < 4.78 is 6.69. The van der Waals surface area contributed by atoms with Gasteiger partial charge in [-0.15, -0.1) is 0 Å². The number of aryl methyl sites for hydroxylation is 1. The molecule has 2 aromatic rings. The predicted molar refractivity (Wildman–Crippen MR) is 112 cm³/mol. The number of ether oxygens (including phenoxy) is 1. The highest BCUT2D eigenvalue weighted by Crippen LogP contribution is 2.27. The summed E-state index contributed by atoms with van der Waals surface area (Å²) in [7, 11) is 0. The molecule has 0 spiro atoms. The maximum atomic E-state index is 5.72. The Morgan fingerprint density at radius 3 is 2.70 bits per heavy atom. The van der Waals surface area contributed by atoms with Crippen LogP contribution in [0.15, 0.2) is 34.9 Å². The average Bonchev–Trinajstić information content (AvgIpc) is 3.23. The molecular weight excluding hydrogens is 404 g/mol. The zero-order valence-electron chi connectivity index (χ0n) is 15.6. The van der Waals surface area contributed by atoms with Crippen LogP contribution in [0.4, 0.5) is 11.6 Å². The average molecular weight is 431 g/mol. The first kappa shape index (κ1) is 18.8. The Hall–Kier alpha value is -1.50. The molecule has 1 aromatic heterocycles. The summed E-state index contributed by atoms with van der Waals surface area (Å²) in [5, 5.41) is 6.77. The van der Waals surface area contributed by atoms with Crippen molar-refractivity contribution >= 4 is 27.6 Å². The molecule has 0 amide bonds. The van der Waals surface area contributed by atoms with Crippen LogP contribution in [0.2, 0.25) is 0 Å². The Bertz CT molecular complexity index is 740. The van der Waals surface area contributed by atoms with Crippen LogP contribution in [-0.4, -0.2) is 35.8 Å². The van der Waals surface area contributed by atoms with Gasteiger partial charge in [0.15, 0.2) is 0 Å². The SMILES string of the molecule is Brc1cnc(Nc2ccc(C3CCNCC3)cc2)nc1CCC1CCCO1. The third-order valence-corrected chi connectivity index (χ3v) is 6.18. The zero-order chi connectivity index (χ0) is 18.5. The lowest BCUT2D eigenvalue weighted by Crippen LogP contribution is -2.26. The zero-order valence-corrected chi connectivity index (χ0v) is 17.2. The number of rotatable bonds is 6. The van der Waals surface area contributed by atoms with Crippen molar-refractivity contribution in [3.05, 3.63) is 46.2 Å². The van der Waals surface area contributed by atoms with E-state index < -0.39 is 0 Å². The fourth-order valence-electron chi connectivity index (χ4n) is 3.93. The van der Waals surface area contributed by atoms with Gasteiger partial charge < -0.3 is 15.4 Å². The van der Waals surface area contributed by atoms with Crippen molar-refractivity contribution in [2.75, 3.05) is 25.0 Å². The van der Waals surface area contributed by atoms with E-state index in [2.05, 4.69) is 55.8 Å². The van der Waals surface area contributed by atoms with Crippen molar-refractivity contribution < 1.29 is 4.74 Å². The number of hydrogen-bond donors (Lipinski definition) is 2. The van der Waals surface area contributed by atoms with Gasteiger partial charge in [0.05, 0.1) is 16.3 Å². The summed E-state index contributed by atoms with van der Waals surface area (Å²) in [5.41, 5.74) is 3.49. The summed E-state index contributed by atoms with van der Waals surface area (Å²) in [4.78, 5) is 9.13. The lowest BCUT2D eigenvalue weighted by molar-refractivity contribution is 0.104. The summed E-state index contributed by atoms with van der Waals surface area (Å²) in [6, 6.07) is 8.73. The van der Waals surface area contributed by atoms with Gasteiger partial charge in [0.25, 0.3) is 0 Å². The van der Waals surface area contributed by atoms with E-state index in [0.717, 1.165) is 54.8 Å². The van der Waals surface area contributed by atoms with E-state index >= 15 is 0 Å². The van der Waals surface area contributed by atoms with E-state index in [9.17, 15) is 0 Å². The minimum absolute atomic E-state index is 0.380. The molecule has 0 saturated carbocycles. The molecule has 0 radical (unpaired) electrons. The van der Waals surface area contributed by atoms with Crippen LogP contribution in [0.5, 0.6) is 0 Å². The van der Waals surface area contributed by atoms with E-state index in [0.29, 0.717) is 18.0 Å². The highest BCUT2D eigenvalue weighted by atomic mass is 79.9. The van der Waals surface area contributed by atoms with Gasteiger partial charge >= 0.3 is 0 Å². The van der Waals surface area contributed by atoms with Crippen LogP contribution in [0.25, 0.3) is 0 Å². The molecule has 0 aliphatic carbocycles. The second-order valence-corrected chi connectivity index (χ2v) is 8.29. The summed E-state index contributed by atoms with van der Waals surface area (Å²) >= 11 is 3.58. The molecule has 6 heteroatoms. The Kier molecular flexibility index (Phi) is 6.37. The number of hydrogen-bond acceptors (Lipinski definition) is 5. The van der Waals surface area contributed by atoms with E-state index in [4.69, 9.17) is 9.72 Å². The number of aromatic nitrogens is 2. The second kappa shape index (κ2) is 9.13. The van der Waals surface area contributed by atoms with Gasteiger partial charge in [-0.05, 0) is 91.2 Å². The number of piperidine rings is 1. The molecule has 2 aliphatic heterocycles. The van der Waals surface area contributed by atoms with Crippen molar-refractivity contribution in [3.63, 3.8) is 0 Å². The standard InChI is InChI=1S/C21H27BrN4O/c22-19-14-24-21(26-20(19)8-7-18-2-1-13-27-18)25-17-5-3-15(4-6-17)16-9-11-23-12-10-16/h3-6,14,16,18,23H,1-2,7-13H2,(H,24,25,26). The molecule has 3 heterocycles. The molecular formula is C21H27BrN4O. The molecule has 2 fully saturated rings. The number of anilines is 2.